The maximum absolute atomic E-state index is 11.9. The molecule has 0 aliphatic heterocycles. The minimum absolute atomic E-state index is 0.157. The van der Waals surface area contributed by atoms with Gasteiger partial charge in [0.2, 0.25) is 0 Å². The fourth-order valence-electron chi connectivity index (χ4n) is 1.40. The first-order valence-electron chi connectivity index (χ1n) is 6.22. The van der Waals surface area contributed by atoms with E-state index in [0.717, 1.165) is 0 Å². The van der Waals surface area contributed by atoms with E-state index in [1.807, 2.05) is 0 Å². The van der Waals surface area contributed by atoms with Crippen LogP contribution in [0.2, 0.25) is 0 Å². The Kier molecular flexibility index (Phi) is 6.14. The molecule has 0 amide bonds. The standard InChI is InChI=1S/C13H19O5PS/c1-9(2)16-13(14)11-7-5-6-8-12(11)18-19(15,20)17-10(3)4/h5-10H,1-4H3,(H,15,20). The molecule has 0 radical (unpaired) electrons. The molecule has 0 aliphatic carbocycles. The smallest absolute Gasteiger partial charge is 0.378 e. The van der Waals surface area contributed by atoms with Crippen LogP contribution in [0.4, 0.5) is 0 Å². The van der Waals surface area contributed by atoms with E-state index in [1.165, 1.54) is 6.07 Å². The number of hydrogen-bond donors (Lipinski definition) is 1. The molecule has 7 heteroatoms. The minimum atomic E-state index is -3.45. The van der Waals surface area contributed by atoms with Crippen LogP contribution < -0.4 is 4.52 Å². The Bertz CT molecular complexity index is 515. The van der Waals surface area contributed by atoms with Crippen LogP contribution in [0, 0.1) is 0 Å². The lowest BCUT2D eigenvalue weighted by Crippen LogP contribution is -2.13. The van der Waals surface area contributed by atoms with Gasteiger partial charge in [0.05, 0.1) is 12.2 Å². The maximum Gasteiger partial charge on any atom is 0.378 e. The molecular formula is C13H19O5PS. The van der Waals surface area contributed by atoms with Crippen LogP contribution in [-0.4, -0.2) is 23.1 Å². The Morgan fingerprint density at radius 2 is 1.80 bits per heavy atom. The van der Waals surface area contributed by atoms with E-state index in [-0.39, 0.29) is 23.5 Å². The van der Waals surface area contributed by atoms with Gasteiger partial charge < -0.3 is 14.2 Å². The average Bonchev–Trinajstić information content (AvgIpc) is 2.25. The minimum Gasteiger partial charge on any atom is -0.459 e. The van der Waals surface area contributed by atoms with E-state index in [2.05, 4.69) is 0 Å². The molecule has 1 aromatic carbocycles. The number of esters is 1. The third kappa shape index (κ3) is 5.59. The molecule has 0 aliphatic rings. The number of para-hydroxylation sites is 1. The molecule has 0 heterocycles. The van der Waals surface area contributed by atoms with Crippen LogP contribution >= 0.6 is 6.72 Å². The first kappa shape index (κ1) is 17.1. The Hall–Kier alpha value is -0.940. The van der Waals surface area contributed by atoms with Crippen molar-refractivity contribution in [1.29, 1.82) is 0 Å². The van der Waals surface area contributed by atoms with Crippen LogP contribution in [0.3, 0.4) is 0 Å². The highest BCUT2D eigenvalue weighted by molar-refractivity contribution is 8.07. The van der Waals surface area contributed by atoms with Gasteiger partial charge in [0.25, 0.3) is 0 Å². The second-order valence-electron chi connectivity index (χ2n) is 4.66. The van der Waals surface area contributed by atoms with Crippen LogP contribution in [0.5, 0.6) is 5.75 Å². The third-order valence-corrected chi connectivity index (χ3v) is 3.60. The van der Waals surface area contributed by atoms with Gasteiger partial charge in [-0.25, -0.2) is 4.79 Å². The summed E-state index contributed by atoms with van der Waals surface area (Å²) in [5, 5.41) is 0. The van der Waals surface area contributed by atoms with E-state index < -0.39 is 12.7 Å². The molecule has 20 heavy (non-hydrogen) atoms. The zero-order valence-electron chi connectivity index (χ0n) is 11.9. The lowest BCUT2D eigenvalue weighted by molar-refractivity contribution is 0.0375. The summed E-state index contributed by atoms with van der Waals surface area (Å²) in [6.07, 6.45) is -0.528. The number of hydrogen-bond acceptors (Lipinski definition) is 5. The Morgan fingerprint density at radius 1 is 1.20 bits per heavy atom. The largest absolute Gasteiger partial charge is 0.459 e. The van der Waals surface area contributed by atoms with E-state index in [9.17, 15) is 9.69 Å². The van der Waals surface area contributed by atoms with Crippen LogP contribution in [0.1, 0.15) is 38.1 Å². The molecule has 0 aromatic heterocycles. The number of carbonyl (C=O) groups is 1. The van der Waals surface area contributed by atoms with Crippen molar-refractivity contribution < 1.29 is 23.5 Å². The van der Waals surface area contributed by atoms with Crippen molar-refractivity contribution in [3.63, 3.8) is 0 Å². The summed E-state index contributed by atoms with van der Waals surface area (Å²) in [4.78, 5) is 21.9. The summed E-state index contributed by atoms with van der Waals surface area (Å²) in [5.74, 6) is -0.375. The van der Waals surface area contributed by atoms with Crippen LogP contribution in [0.25, 0.3) is 0 Å². The Balaban J connectivity index is 2.96. The molecular weight excluding hydrogens is 299 g/mol. The van der Waals surface area contributed by atoms with Gasteiger partial charge in [0.1, 0.15) is 11.3 Å². The molecule has 0 fully saturated rings. The van der Waals surface area contributed by atoms with Gasteiger partial charge in [-0.2, -0.15) is 0 Å². The van der Waals surface area contributed by atoms with Crippen molar-refractivity contribution in [2.75, 3.05) is 0 Å². The summed E-state index contributed by atoms with van der Waals surface area (Å²) in [6.45, 7) is 3.52. The van der Waals surface area contributed by atoms with E-state index in [0.29, 0.717) is 0 Å². The van der Waals surface area contributed by atoms with Gasteiger partial charge >= 0.3 is 12.7 Å². The Labute approximate surface area is 124 Å². The molecule has 0 bridgehead atoms. The van der Waals surface area contributed by atoms with Crippen molar-refractivity contribution in [2.24, 2.45) is 0 Å². The van der Waals surface area contributed by atoms with E-state index in [4.69, 9.17) is 25.6 Å². The van der Waals surface area contributed by atoms with Crippen LogP contribution in [-0.2, 0) is 21.1 Å². The van der Waals surface area contributed by atoms with E-state index >= 15 is 0 Å². The van der Waals surface area contributed by atoms with Gasteiger partial charge in [0, 0.05) is 11.8 Å². The monoisotopic (exact) mass is 318 g/mol. The van der Waals surface area contributed by atoms with E-state index in [1.54, 1.807) is 45.9 Å². The summed E-state index contributed by atoms with van der Waals surface area (Å²) >= 11 is 4.91. The molecule has 1 rings (SSSR count). The summed E-state index contributed by atoms with van der Waals surface area (Å²) in [5.41, 5.74) is 0.205. The van der Waals surface area contributed by atoms with Gasteiger partial charge in [-0.15, -0.1) is 0 Å². The first-order chi connectivity index (χ1) is 9.21. The molecule has 1 atom stereocenters. The number of ether oxygens (including phenoxy) is 1. The molecule has 112 valence electrons. The molecule has 1 unspecified atom stereocenters. The van der Waals surface area contributed by atoms with Gasteiger partial charge in [0.15, 0.2) is 0 Å². The molecule has 5 nitrogen and oxygen atoms in total. The summed E-state index contributed by atoms with van der Waals surface area (Å²) in [6, 6.07) is 6.43. The second kappa shape index (κ2) is 7.18. The molecule has 0 saturated carbocycles. The molecule has 0 saturated heterocycles. The predicted molar refractivity (Wildman–Crippen MR) is 80.3 cm³/mol. The number of carbonyl (C=O) groups excluding carboxylic acids is 1. The number of rotatable bonds is 6. The fourth-order valence-corrected chi connectivity index (χ4v) is 3.15. The van der Waals surface area contributed by atoms with Gasteiger partial charge in [-0.3, -0.25) is 4.52 Å². The van der Waals surface area contributed by atoms with Crippen molar-refractivity contribution in [3.05, 3.63) is 29.8 Å². The fraction of sp³-hybridized carbons (Fsp3) is 0.462. The highest BCUT2D eigenvalue weighted by Gasteiger charge is 2.23. The van der Waals surface area contributed by atoms with Crippen molar-refractivity contribution in [2.45, 2.75) is 39.9 Å². The summed E-state index contributed by atoms with van der Waals surface area (Å²) < 4.78 is 15.6. The zero-order chi connectivity index (χ0) is 15.3. The predicted octanol–water partition coefficient (Wildman–Crippen LogP) is 3.27. The molecule has 1 aromatic rings. The van der Waals surface area contributed by atoms with Gasteiger partial charge in [-0.05, 0) is 39.8 Å². The highest BCUT2D eigenvalue weighted by atomic mass is 32.5. The summed E-state index contributed by atoms with van der Waals surface area (Å²) in [7, 11) is 0. The van der Waals surface area contributed by atoms with Crippen LogP contribution in [0.15, 0.2) is 24.3 Å². The quantitative estimate of drug-likeness (QED) is 0.641. The second-order valence-corrected chi connectivity index (χ2v) is 7.38. The molecule has 1 N–H and O–H groups in total. The number of benzene rings is 1. The first-order valence-corrected chi connectivity index (χ1v) is 8.81. The third-order valence-electron chi connectivity index (χ3n) is 2.01. The van der Waals surface area contributed by atoms with Gasteiger partial charge in [-0.1, -0.05) is 12.1 Å². The maximum atomic E-state index is 11.9. The van der Waals surface area contributed by atoms with Crippen molar-refractivity contribution >= 4 is 24.5 Å². The average molecular weight is 318 g/mol. The SMILES string of the molecule is CC(C)OC(=O)c1ccccc1OP(O)(=S)OC(C)C. The van der Waals surface area contributed by atoms with Crippen molar-refractivity contribution in [3.8, 4) is 5.75 Å². The normalized spacial score (nSPS) is 14.2. The highest BCUT2D eigenvalue weighted by Crippen LogP contribution is 2.46. The lowest BCUT2D eigenvalue weighted by Gasteiger charge is -2.20. The van der Waals surface area contributed by atoms with Crippen molar-refractivity contribution in [1.82, 2.24) is 0 Å². The topological polar surface area (TPSA) is 65.0 Å². The zero-order valence-corrected chi connectivity index (χ0v) is 13.6. The lowest BCUT2D eigenvalue weighted by atomic mass is 10.2. The molecule has 0 spiro atoms. The Morgan fingerprint density at radius 3 is 2.35 bits per heavy atom.